The van der Waals surface area contributed by atoms with Crippen LogP contribution in [0.5, 0.6) is 0 Å². The monoisotopic (exact) mass is 287 g/mol. The van der Waals surface area contributed by atoms with E-state index in [2.05, 4.69) is 5.32 Å². The van der Waals surface area contributed by atoms with Crippen molar-refractivity contribution in [3.63, 3.8) is 0 Å². The summed E-state index contributed by atoms with van der Waals surface area (Å²) in [7, 11) is 0. The van der Waals surface area contributed by atoms with Crippen molar-refractivity contribution in [2.45, 2.75) is 20.0 Å². The highest BCUT2D eigenvalue weighted by molar-refractivity contribution is 5.70. The highest BCUT2D eigenvalue weighted by Crippen LogP contribution is 2.13. The van der Waals surface area contributed by atoms with Crippen molar-refractivity contribution in [2.24, 2.45) is 0 Å². The van der Waals surface area contributed by atoms with Gasteiger partial charge in [-0.25, -0.2) is 4.39 Å². The molecule has 2 rings (SSSR count). The molecule has 0 radical (unpaired) electrons. The second-order valence-corrected chi connectivity index (χ2v) is 4.74. The maximum Gasteiger partial charge on any atom is 0.307 e. The lowest BCUT2D eigenvalue weighted by molar-refractivity contribution is -0.144. The van der Waals surface area contributed by atoms with Gasteiger partial charge in [-0.2, -0.15) is 0 Å². The van der Waals surface area contributed by atoms with Crippen LogP contribution >= 0.6 is 0 Å². The Morgan fingerprint density at radius 1 is 1.14 bits per heavy atom. The van der Waals surface area contributed by atoms with E-state index in [9.17, 15) is 9.18 Å². The van der Waals surface area contributed by atoms with Gasteiger partial charge in [0, 0.05) is 17.8 Å². The average molecular weight is 287 g/mol. The number of esters is 1. The van der Waals surface area contributed by atoms with Crippen molar-refractivity contribution < 1.29 is 13.9 Å². The van der Waals surface area contributed by atoms with Crippen molar-refractivity contribution in [2.75, 3.05) is 11.9 Å². The summed E-state index contributed by atoms with van der Waals surface area (Å²) in [6, 6.07) is 14.1. The third kappa shape index (κ3) is 4.60. The van der Waals surface area contributed by atoms with E-state index in [1.54, 1.807) is 18.2 Å². The normalized spacial score (nSPS) is 10.2. The van der Waals surface area contributed by atoms with Gasteiger partial charge in [-0.15, -0.1) is 0 Å². The Hall–Kier alpha value is -2.36. The van der Waals surface area contributed by atoms with Gasteiger partial charge in [-0.3, -0.25) is 4.79 Å². The maximum atomic E-state index is 13.4. The molecule has 0 aliphatic carbocycles. The molecule has 2 aromatic rings. The molecular weight excluding hydrogens is 269 g/mol. The topological polar surface area (TPSA) is 38.3 Å². The first-order valence-electron chi connectivity index (χ1n) is 6.85. The fourth-order valence-corrected chi connectivity index (χ4v) is 1.92. The van der Waals surface area contributed by atoms with Gasteiger partial charge >= 0.3 is 5.97 Å². The molecule has 4 heteroatoms. The second kappa shape index (κ2) is 7.43. The standard InChI is InChI=1S/C17H18FNO2/c1-13-6-2-5-9-16(13)19-11-10-17(20)21-12-14-7-3-4-8-15(14)18/h2-9,19H,10-12H2,1H3. The predicted octanol–water partition coefficient (Wildman–Crippen LogP) is 3.68. The fraction of sp³-hybridized carbons (Fsp3) is 0.235. The summed E-state index contributed by atoms with van der Waals surface area (Å²) < 4.78 is 18.4. The number of halogens is 1. The van der Waals surface area contributed by atoms with E-state index in [0.717, 1.165) is 11.3 Å². The van der Waals surface area contributed by atoms with Crippen LogP contribution in [0.1, 0.15) is 17.5 Å². The number of rotatable bonds is 6. The number of ether oxygens (including phenoxy) is 1. The summed E-state index contributed by atoms with van der Waals surface area (Å²) in [5.74, 6) is -0.706. The van der Waals surface area contributed by atoms with Gasteiger partial charge in [0.25, 0.3) is 0 Å². The van der Waals surface area contributed by atoms with Crippen LogP contribution in [0, 0.1) is 12.7 Å². The third-order valence-electron chi connectivity index (χ3n) is 3.14. The Morgan fingerprint density at radius 3 is 2.62 bits per heavy atom. The zero-order valence-corrected chi connectivity index (χ0v) is 11.9. The summed E-state index contributed by atoms with van der Waals surface area (Å²) in [5, 5.41) is 3.18. The molecule has 3 nitrogen and oxygen atoms in total. The van der Waals surface area contributed by atoms with Gasteiger partial charge < -0.3 is 10.1 Å². The second-order valence-electron chi connectivity index (χ2n) is 4.74. The highest BCUT2D eigenvalue weighted by atomic mass is 19.1. The molecule has 0 aliphatic heterocycles. The van der Waals surface area contributed by atoms with Crippen molar-refractivity contribution in [1.29, 1.82) is 0 Å². The minimum absolute atomic E-state index is 0.0319. The lowest BCUT2D eigenvalue weighted by Crippen LogP contribution is -2.12. The summed E-state index contributed by atoms with van der Waals surface area (Å²) in [4.78, 5) is 11.6. The number of benzene rings is 2. The fourth-order valence-electron chi connectivity index (χ4n) is 1.92. The Morgan fingerprint density at radius 2 is 1.86 bits per heavy atom. The van der Waals surface area contributed by atoms with Crippen molar-refractivity contribution >= 4 is 11.7 Å². The zero-order valence-electron chi connectivity index (χ0n) is 11.9. The molecule has 2 aromatic carbocycles. The molecule has 0 heterocycles. The van der Waals surface area contributed by atoms with Crippen LogP contribution < -0.4 is 5.32 Å². The molecule has 0 aliphatic rings. The Balaban J connectivity index is 1.73. The largest absolute Gasteiger partial charge is 0.461 e. The number of carbonyl (C=O) groups excluding carboxylic acids is 1. The van der Waals surface area contributed by atoms with Crippen molar-refractivity contribution in [1.82, 2.24) is 0 Å². The summed E-state index contributed by atoms with van der Waals surface area (Å²) in [6.45, 7) is 2.45. The number of carbonyl (C=O) groups is 1. The number of anilines is 1. The molecule has 110 valence electrons. The van der Waals surface area contributed by atoms with Gasteiger partial charge in [0.1, 0.15) is 12.4 Å². The predicted molar refractivity (Wildman–Crippen MR) is 80.5 cm³/mol. The molecule has 0 unspecified atom stereocenters. The SMILES string of the molecule is Cc1ccccc1NCCC(=O)OCc1ccccc1F. The molecule has 0 atom stereocenters. The van der Waals surface area contributed by atoms with E-state index in [1.807, 2.05) is 31.2 Å². The van der Waals surface area contributed by atoms with Crippen LogP contribution in [-0.4, -0.2) is 12.5 Å². The van der Waals surface area contributed by atoms with Crippen LogP contribution in [0.15, 0.2) is 48.5 Å². The Labute approximate surface area is 123 Å². The summed E-state index contributed by atoms with van der Waals surface area (Å²) in [6.07, 6.45) is 0.239. The Bertz CT molecular complexity index is 613. The van der Waals surface area contributed by atoms with Gasteiger partial charge in [0.15, 0.2) is 0 Å². The molecule has 0 saturated heterocycles. The van der Waals surface area contributed by atoms with Crippen molar-refractivity contribution in [3.05, 3.63) is 65.5 Å². The lowest BCUT2D eigenvalue weighted by Gasteiger charge is -2.09. The number of hydrogen-bond acceptors (Lipinski definition) is 3. The number of nitrogens with one attached hydrogen (secondary N) is 1. The summed E-state index contributed by atoms with van der Waals surface area (Å²) in [5.41, 5.74) is 2.51. The van der Waals surface area contributed by atoms with Gasteiger partial charge in [0.2, 0.25) is 0 Å². The first-order chi connectivity index (χ1) is 10.2. The molecule has 1 N–H and O–H groups in total. The molecular formula is C17H18FNO2. The van der Waals surface area contributed by atoms with Crippen molar-refractivity contribution in [3.8, 4) is 0 Å². The number of aryl methyl sites for hydroxylation is 1. The van der Waals surface area contributed by atoms with Gasteiger partial charge in [-0.1, -0.05) is 36.4 Å². The quantitative estimate of drug-likeness (QED) is 0.824. The highest BCUT2D eigenvalue weighted by Gasteiger charge is 2.06. The molecule has 0 amide bonds. The van der Waals surface area contributed by atoms with E-state index in [1.165, 1.54) is 6.07 Å². The Kier molecular flexibility index (Phi) is 5.32. The smallest absolute Gasteiger partial charge is 0.307 e. The van der Waals surface area contributed by atoms with Crippen LogP contribution in [-0.2, 0) is 16.1 Å². The lowest BCUT2D eigenvalue weighted by atomic mass is 10.2. The first kappa shape index (κ1) is 15.0. The molecule has 0 aromatic heterocycles. The molecule has 0 fully saturated rings. The van der Waals surface area contributed by atoms with Crippen LogP contribution in [0.4, 0.5) is 10.1 Å². The maximum absolute atomic E-state index is 13.4. The van der Waals surface area contributed by atoms with Gasteiger partial charge in [-0.05, 0) is 24.6 Å². The average Bonchev–Trinajstić information content (AvgIpc) is 2.48. The molecule has 0 bridgehead atoms. The summed E-state index contributed by atoms with van der Waals surface area (Å²) >= 11 is 0. The first-order valence-corrected chi connectivity index (χ1v) is 6.85. The van der Waals surface area contributed by atoms with Crippen LogP contribution in [0.3, 0.4) is 0 Å². The van der Waals surface area contributed by atoms with E-state index in [4.69, 9.17) is 4.74 Å². The van der Waals surface area contributed by atoms with E-state index in [0.29, 0.717) is 12.1 Å². The number of para-hydroxylation sites is 1. The molecule has 21 heavy (non-hydrogen) atoms. The van der Waals surface area contributed by atoms with Gasteiger partial charge in [0.05, 0.1) is 6.42 Å². The van der Waals surface area contributed by atoms with E-state index < -0.39 is 0 Å². The third-order valence-corrected chi connectivity index (χ3v) is 3.14. The van der Waals surface area contributed by atoms with E-state index >= 15 is 0 Å². The molecule has 0 spiro atoms. The minimum atomic E-state index is -0.358. The minimum Gasteiger partial charge on any atom is -0.461 e. The number of hydrogen-bond donors (Lipinski definition) is 1. The van der Waals surface area contributed by atoms with E-state index in [-0.39, 0.29) is 24.8 Å². The molecule has 0 saturated carbocycles. The van der Waals surface area contributed by atoms with Crippen LogP contribution in [0.25, 0.3) is 0 Å². The van der Waals surface area contributed by atoms with Crippen LogP contribution in [0.2, 0.25) is 0 Å². The zero-order chi connectivity index (χ0) is 15.1.